The normalized spacial score (nSPS) is 16.5. The zero-order valence-corrected chi connectivity index (χ0v) is 23.4. The Kier molecular flexibility index (Phi) is 8.42. The maximum Gasteiger partial charge on any atom is 0.203 e. The molecule has 8 nitrogen and oxygen atoms in total. The molecule has 4 heterocycles. The van der Waals surface area contributed by atoms with Crippen LogP contribution in [0, 0.1) is 17.2 Å². The van der Waals surface area contributed by atoms with Crippen LogP contribution in [0.3, 0.4) is 0 Å². The predicted octanol–water partition coefficient (Wildman–Crippen LogP) is 5.40. The molecule has 1 atom stereocenters. The van der Waals surface area contributed by atoms with Crippen molar-refractivity contribution in [2.24, 2.45) is 10.9 Å². The topological polar surface area (TPSA) is 98.4 Å². The monoisotopic (exact) mass is 533 g/mol. The fourth-order valence-electron chi connectivity index (χ4n) is 5.42. The number of nitriles is 1. The van der Waals surface area contributed by atoms with E-state index in [9.17, 15) is 10.1 Å². The number of fused-ring (bicyclic) bond motifs is 3. The lowest BCUT2D eigenvalue weighted by Gasteiger charge is -2.36. The van der Waals surface area contributed by atoms with Crippen LogP contribution in [-0.2, 0) is 6.42 Å². The summed E-state index contributed by atoms with van der Waals surface area (Å²) in [6, 6.07) is 12.7. The van der Waals surface area contributed by atoms with Crippen molar-refractivity contribution in [2.45, 2.75) is 45.1 Å². The summed E-state index contributed by atoms with van der Waals surface area (Å²) in [6.07, 6.45) is 13.3. The molecule has 204 valence electrons. The molecule has 0 N–H and O–H groups in total. The van der Waals surface area contributed by atoms with Crippen molar-refractivity contribution in [1.29, 1.82) is 5.26 Å². The molecule has 0 radical (unpaired) electrons. The van der Waals surface area contributed by atoms with E-state index in [4.69, 9.17) is 4.99 Å². The van der Waals surface area contributed by atoms with Crippen LogP contribution in [0.4, 0.5) is 5.82 Å². The number of benzene rings is 1. The highest BCUT2D eigenvalue weighted by molar-refractivity contribution is 6.00. The molecule has 3 aromatic rings. The van der Waals surface area contributed by atoms with Crippen molar-refractivity contribution >= 4 is 34.3 Å². The zero-order chi connectivity index (χ0) is 28.1. The van der Waals surface area contributed by atoms with Gasteiger partial charge >= 0.3 is 0 Å². The van der Waals surface area contributed by atoms with Gasteiger partial charge in [-0.25, -0.2) is 15.0 Å². The molecule has 2 aromatic heterocycles. The fraction of sp³-hybridized carbons (Fsp3) is 0.375. The third-order valence-electron chi connectivity index (χ3n) is 7.87. The van der Waals surface area contributed by atoms with Crippen molar-refractivity contribution in [1.82, 2.24) is 24.8 Å². The number of likely N-dealkylation sites (tertiary alicyclic amines) is 1. The van der Waals surface area contributed by atoms with E-state index in [0.717, 1.165) is 48.1 Å². The summed E-state index contributed by atoms with van der Waals surface area (Å²) in [5.74, 6) is 1.04. The Balaban J connectivity index is 1.37. The van der Waals surface area contributed by atoms with E-state index in [1.807, 2.05) is 54.9 Å². The minimum atomic E-state index is -0.372. The molecule has 1 fully saturated rings. The third kappa shape index (κ3) is 6.32. The minimum Gasteiger partial charge on any atom is -0.356 e. The SMILES string of the molecule is C/C(C#N)=C\CC(CCc1cncc2ccccc12)C(=O)c1nc2cc(n1)N=C(N1CCC(N(C)C)CC1)C=C2. The summed E-state index contributed by atoms with van der Waals surface area (Å²) >= 11 is 0. The largest absolute Gasteiger partial charge is 0.356 e. The number of allylic oxidation sites excluding steroid dienone is 2. The van der Waals surface area contributed by atoms with Crippen LogP contribution in [-0.4, -0.2) is 69.6 Å². The van der Waals surface area contributed by atoms with Crippen LogP contribution in [0.15, 0.2) is 65.4 Å². The first-order chi connectivity index (χ1) is 19.4. The molecule has 0 aliphatic carbocycles. The van der Waals surface area contributed by atoms with Gasteiger partial charge in [0.15, 0.2) is 11.6 Å². The van der Waals surface area contributed by atoms with Crippen molar-refractivity contribution in [3.8, 4) is 6.07 Å². The lowest BCUT2D eigenvalue weighted by Crippen LogP contribution is -2.44. The van der Waals surface area contributed by atoms with E-state index >= 15 is 0 Å². The molecule has 2 aliphatic heterocycles. The summed E-state index contributed by atoms with van der Waals surface area (Å²) < 4.78 is 0. The molecule has 8 heteroatoms. The Hall–Kier alpha value is -4.22. The summed E-state index contributed by atoms with van der Waals surface area (Å²) in [7, 11) is 4.26. The number of carbonyl (C=O) groups excluding carboxylic acids is 1. The number of hydrogen-bond acceptors (Lipinski definition) is 8. The van der Waals surface area contributed by atoms with Crippen molar-refractivity contribution in [3.63, 3.8) is 0 Å². The van der Waals surface area contributed by atoms with Gasteiger partial charge in [-0.3, -0.25) is 9.78 Å². The van der Waals surface area contributed by atoms with Gasteiger partial charge < -0.3 is 9.80 Å². The van der Waals surface area contributed by atoms with E-state index < -0.39 is 0 Å². The number of nitrogens with zero attached hydrogens (tertiary/aromatic N) is 7. The van der Waals surface area contributed by atoms with Gasteiger partial charge in [0.2, 0.25) is 5.78 Å². The van der Waals surface area contributed by atoms with Crippen molar-refractivity contribution in [3.05, 3.63) is 77.5 Å². The number of rotatable bonds is 8. The third-order valence-corrected chi connectivity index (χ3v) is 7.87. The standard InChI is InChI=1S/C32H35N7O/c1-22(19-33)8-9-23(10-11-25-21-34-20-24-6-4-5-7-28(24)25)31(40)32-35-26-12-13-30(36-29(18-26)37-32)39-16-14-27(15-17-39)38(2)3/h4-8,12-13,18,20-21,23,27H,9-11,14-17H2,1-3H3/b22-8+. The van der Waals surface area contributed by atoms with E-state index in [0.29, 0.717) is 42.4 Å². The molecule has 0 saturated carbocycles. The molecule has 2 bridgehead atoms. The molecule has 1 saturated heterocycles. The van der Waals surface area contributed by atoms with Crippen LogP contribution in [0.1, 0.15) is 54.5 Å². The average molecular weight is 534 g/mol. The maximum atomic E-state index is 13.8. The second kappa shape index (κ2) is 12.3. The number of Topliss-reactive ketones (excluding diaryl/α,β-unsaturated/α-hetero) is 1. The number of ketones is 1. The Bertz CT molecular complexity index is 1520. The van der Waals surface area contributed by atoms with Crippen LogP contribution in [0.2, 0.25) is 0 Å². The number of aryl methyl sites for hydroxylation is 1. The van der Waals surface area contributed by atoms with Gasteiger partial charge in [-0.15, -0.1) is 0 Å². The summed E-state index contributed by atoms with van der Waals surface area (Å²) in [4.78, 5) is 36.8. The van der Waals surface area contributed by atoms with Crippen molar-refractivity contribution < 1.29 is 4.79 Å². The fourth-order valence-corrected chi connectivity index (χ4v) is 5.42. The van der Waals surface area contributed by atoms with Gasteiger partial charge in [-0.1, -0.05) is 30.3 Å². The summed E-state index contributed by atoms with van der Waals surface area (Å²) in [5, 5.41) is 11.5. The molecular formula is C32H35N7O. The van der Waals surface area contributed by atoms with Gasteiger partial charge in [0.1, 0.15) is 5.84 Å². The van der Waals surface area contributed by atoms with Crippen molar-refractivity contribution in [2.75, 3.05) is 27.2 Å². The Labute approximate surface area is 235 Å². The van der Waals surface area contributed by atoms with E-state index in [1.165, 1.54) is 0 Å². The second-order valence-corrected chi connectivity index (χ2v) is 10.8. The van der Waals surface area contributed by atoms with Gasteiger partial charge in [0, 0.05) is 54.5 Å². The highest BCUT2D eigenvalue weighted by atomic mass is 16.1. The Morgan fingerprint density at radius 1 is 1.18 bits per heavy atom. The van der Waals surface area contributed by atoms with Crippen LogP contribution < -0.4 is 0 Å². The minimum absolute atomic E-state index is 0.128. The highest BCUT2D eigenvalue weighted by Crippen LogP contribution is 2.26. The number of aromatic nitrogens is 3. The van der Waals surface area contributed by atoms with Gasteiger partial charge in [0.05, 0.1) is 11.8 Å². The quantitative estimate of drug-likeness (QED) is 0.282. The van der Waals surface area contributed by atoms with Crippen LogP contribution in [0.5, 0.6) is 0 Å². The van der Waals surface area contributed by atoms with Crippen LogP contribution >= 0.6 is 0 Å². The molecule has 40 heavy (non-hydrogen) atoms. The summed E-state index contributed by atoms with van der Waals surface area (Å²) in [6.45, 7) is 3.62. The van der Waals surface area contributed by atoms with Gasteiger partial charge in [-0.2, -0.15) is 5.26 Å². The number of aliphatic imine (C=N–C) groups is 1. The van der Waals surface area contributed by atoms with Gasteiger partial charge in [-0.05, 0) is 76.2 Å². The van der Waals surface area contributed by atoms with Crippen LogP contribution in [0.25, 0.3) is 16.8 Å². The molecule has 1 aromatic carbocycles. The maximum absolute atomic E-state index is 13.8. The lowest BCUT2D eigenvalue weighted by atomic mass is 9.90. The molecule has 1 unspecified atom stereocenters. The average Bonchev–Trinajstić information content (AvgIpc) is 3.13. The van der Waals surface area contributed by atoms with E-state index in [2.05, 4.69) is 51.0 Å². The number of carbonyl (C=O) groups is 1. The smallest absolute Gasteiger partial charge is 0.203 e. The number of piperidine rings is 1. The first-order valence-corrected chi connectivity index (χ1v) is 13.9. The Morgan fingerprint density at radius 3 is 2.75 bits per heavy atom. The second-order valence-electron chi connectivity index (χ2n) is 10.8. The molecule has 0 spiro atoms. The zero-order valence-electron chi connectivity index (χ0n) is 23.4. The molecular weight excluding hydrogens is 498 g/mol. The Morgan fingerprint density at radius 2 is 1.98 bits per heavy atom. The predicted molar refractivity (Wildman–Crippen MR) is 158 cm³/mol. The highest BCUT2D eigenvalue weighted by Gasteiger charge is 2.25. The molecule has 2 aliphatic rings. The number of hydrogen-bond donors (Lipinski definition) is 0. The molecule has 5 rings (SSSR count). The number of amidine groups is 1. The van der Waals surface area contributed by atoms with E-state index in [-0.39, 0.29) is 17.5 Å². The summed E-state index contributed by atoms with van der Waals surface area (Å²) in [5.41, 5.74) is 2.37. The first-order valence-electron chi connectivity index (χ1n) is 13.9. The first kappa shape index (κ1) is 27.4. The molecule has 0 amide bonds. The van der Waals surface area contributed by atoms with E-state index in [1.54, 1.807) is 6.92 Å². The number of pyridine rings is 1. The lowest BCUT2D eigenvalue weighted by molar-refractivity contribution is 0.0903. The van der Waals surface area contributed by atoms with Gasteiger partial charge in [0.25, 0.3) is 0 Å².